The molecule has 7 nitrogen and oxygen atoms in total. The van der Waals surface area contributed by atoms with Crippen molar-refractivity contribution in [2.45, 2.75) is 0 Å². The number of aromatic nitrogens is 5. The van der Waals surface area contributed by atoms with Gasteiger partial charge in [0.15, 0.2) is 0 Å². The number of hydrogen-bond acceptors (Lipinski definition) is 5. The van der Waals surface area contributed by atoms with Gasteiger partial charge < -0.3 is 4.42 Å². The maximum atomic E-state index is 13.5. The van der Waals surface area contributed by atoms with Crippen LogP contribution in [0.15, 0.2) is 124 Å². The molecule has 192 valence electrons. The standard InChI is InChI=1S/C34H19N5O2/c40-32-23-14-6-9-17-28(23)41-34-37-31-27(39(32)34)19-18-26-29(31)22-13-5-8-16-25(22)38(26)33-35-24-15-7-4-12-21(24)30(36-33)20-10-2-1-3-11-20/h1-19H. The third-order valence-electron chi connectivity index (χ3n) is 7.79. The summed E-state index contributed by atoms with van der Waals surface area (Å²) < 4.78 is 9.74. The van der Waals surface area contributed by atoms with Gasteiger partial charge in [-0.1, -0.05) is 78.9 Å². The first-order chi connectivity index (χ1) is 20.3. The van der Waals surface area contributed by atoms with Gasteiger partial charge in [-0.05, 0) is 36.4 Å². The Hall–Kier alpha value is -5.82. The van der Waals surface area contributed by atoms with Gasteiger partial charge in [0, 0.05) is 21.7 Å². The molecule has 9 rings (SSSR count). The molecule has 0 N–H and O–H groups in total. The molecule has 0 saturated carbocycles. The van der Waals surface area contributed by atoms with Crippen LogP contribution < -0.4 is 5.56 Å². The first-order valence-electron chi connectivity index (χ1n) is 13.3. The van der Waals surface area contributed by atoms with Crippen molar-refractivity contribution in [2.75, 3.05) is 0 Å². The van der Waals surface area contributed by atoms with Gasteiger partial charge in [-0.2, -0.15) is 4.98 Å². The van der Waals surface area contributed by atoms with Crippen molar-refractivity contribution in [3.63, 3.8) is 0 Å². The third-order valence-corrected chi connectivity index (χ3v) is 7.79. The quantitative estimate of drug-likeness (QED) is 0.235. The van der Waals surface area contributed by atoms with Crippen LogP contribution in [0.3, 0.4) is 0 Å². The lowest BCUT2D eigenvalue weighted by atomic mass is 10.1. The molecule has 7 heteroatoms. The van der Waals surface area contributed by atoms with E-state index < -0.39 is 0 Å². The predicted octanol–water partition coefficient (Wildman–Crippen LogP) is 7.30. The molecule has 0 unspecified atom stereocenters. The van der Waals surface area contributed by atoms with Crippen LogP contribution in [0.1, 0.15) is 0 Å². The molecule has 0 aliphatic rings. The molecule has 4 aromatic heterocycles. The molecule has 9 aromatic rings. The van der Waals surface area contributed by atoms with Gasteiger partial charge in [0.05, 0.1) is 33.1 Å². The average molecular weight is 530 g/mol. The van der Waals surface area contributed by atoms with Crippen molar-refractivity contribution in [2.24, 2.45) is 0 Å². The Morgan fingerprint density at radius 2 is 1.29 bits per heavy atom. The van der Waals surface area contributed by atoms with Crippen LogP contribution in [0.2, 0.25) is 0 Å². The molecule has 41 heavy (non-hydrogen) atoms. The molecule has 5 aromatic carbocycles. The number of rotatable bonds is 2. The molecule has 0 fully saturated rings. The molecule has 4 heterocycles. The van der Waals surface area contributed by atoms with E-state index in [-0.39, 0.29) is 11.4 Å². The van der Waals surface area contributed by atoms with Crippen molar-refractivity contribution in [1.82, 2.24) is 23.9 Å². The minimum Gasteiger partial charge on any atom is -0.424 e. The summed E-state index contributed by atoms with van der Waals surface area (Å²) in [5, 5.41) is 3.41. The summed E-state index contributed by atoms with van der Waals surface area (Å²) in [6, 6.07) is 37.6. The zero-order chi connectivity index (χ0) is 27.1. The number of hydrogen-bond donors (Lipinski definition) is 0. The van der Waals surface area contributed by atoms with Crippen molar-refractivity contribution in [3.8, 4) is 17.2 Å². The number of fused-ring (bicyclic) bond motifs is 9. The minimum absolute atomic E-state index is 0.155. The van der Waals surface area contributed by atoms with Gasteiger partial charge >= 0.3 is 5.84 Å². The van der Waals surface area contributed by atoms with Gasteiger partial charge in [0.25, 0.3) is 5.56 Å². The Morgan fingerprint density at radius 1 is 0.585 bits per heavy atom. The maximum Gasteiger partial charge on any atom is 0.310 e. The first-order valence-corrected chi connectivity index (χ1v) is 13.3. The van der Waals surface area contributed by atoms with Crippen LogP contribution in [-0.4, -0.2) is 23.9 Å². The van der Waals surface area contributed by atoms with E-state index in [1.54, 1.807) is 16.5 Å². The van der Waals surface area contributed by atoms with Gasteiger partial charge in [-0.3, -0.25) is 9.36 Å². The monoisotopic (exact) mass is 529 g/mol. The molecule has 0 amide bonds. The summed E-state index contributed by atoms with van der Waals surface area (Å²) in [4.78, 5) is 28.6. The highest BCUT2D eigenvalue weighted by molar-refractivity contribution is 6.20. The summed E-state index contributed by atoms with van der Waals surface area (Å²) in [7, 11) is 0. The normalized spacial score (nSPS) is 12.0. The first kappa shape index (κ1) is 22.0. The van der Waals surface area contributed by atoms with E-state index in [1.165, 1.54) is 0 Å². The molecule has 0 spiro atoms. The Balaban J connectivity index is 1.42. The highest BCUT2D eigenvalue weighted by Gasteiger charge is 2.22. The SMILES string of the molecule is O=c1c2ccccc2oc2nc3c4c5ccccc5n(-c5nc(-c6ccccc6)c6ccccc6n5)c4ccc3n12. The van der Waals surface area contributed by atoms with Crippen molar-refractivity contribution in [1.29, 1.82) is 0 Å². The highest BCUT2D eigenvalue weighted by Crippen LogP contribution is 2.37. The Bertz CT molecular complexity index is 2560. The molecule has 0 saturated heterocycles. The second-order valence-corrected chi connectivity index (χ2v) is 10.1. The summed E-state index contributed by atoms with van der Waals surface area (Å²) in [6.07, 6.45) is 0. The lowest BCUT2D eigenvalue weighted by Crippen LogP contribution is -2.12. The van der Waals surface area contributed by atoms with Crippen LogP contribution in [0.25, 0.3) is 77.8 Å². The lowest BCUT2D eigenvalue weighted by molar-refractivity contribution is 0.616. The fourth-order valence-corrected chi connectivity index (χ4v) is 5.99. The second-order valence-electron chi connectivity index (χ2n) is 10.1. The van der Waals surface area contributed by atoms with Crippen LogP contribution >= 0.6 is 0 Å². The van der Waals surface area contributed by atoms with Gasteiger partial charge in [0.1, 0.15) is 11.1 Å². The molecule has 0 aliphatic heterocycles. The highest BCUT2D eigenvalue weighted by atomic mass is 16.4. The molecule has 0 bridgehead atoms. The van der Waals surface area contributed by atoms with E-state index in [0.717, 1.165) is 44.0 Å². The van der Waals surface area contributed by atoms with E-state index in [9.17, 15) is 4.79 Å². The summed E-state index contributed by atoms with van der Waals surface area (Å²) in [6.45, 7) is 0. The second kappa shape index (κ2) is 8.09. The Labute approximate surface area is 231 Å². The minimum atomic E-state index is -0.155. The Morgan fingerprint density at radius 3 is 2.17 bits per heavy atom. The number of imidazole rings is 1. The number of nitrogens with zero attached hydrogens (tertiary/aromatic N) is 5. The third kappa shape index (κ3) is 3.02. The fourth-order valence-electron chi connectivity index (χ4n) is 5.99. The van der Waals surface area contributed by atoms with Gasteiger partial charge in [-0.15, -0.1) is 0 Å². The van der Waals surface area contributed by atoms with Crippen LogP contribution in [-0.2, 0) is 0 Å². The van der Waals surface area contributed by atoms with E-state index in [1.807, 2.05) is 72.8 Å². The molecule has 0 atom stereocenters. The zero-order valence-corrected chi connectivity index (χ0v) is 21.5. The van der Waals surface area contributed by atoms with Crippen molar-refractivity contribution < 1.29 is 4.42 Å². The van der Waals surface area contributed by atoms with Crippen molar-refractivity contribution in [3.05, 3.63) is 126 Å². The largest absolute Gasteiger partial charge is 0.424 e. The van der Waals surface area contributed by atoms with E-state index in [0.29, 0.717) is 28.0 Å². The lowest BCUT2D eigenvalue weighted by Gasteiger charge is -2.11. The number of para-hydroxylation sites is 3. The van der Waals surface area contributed by atoms with Crippen molar-refractivity contribution >= 4 is 60.6 Å². The van der Waals surface area contributed by atoms with Crippen LogP contribution in [0.4, 0.5) is 0 Å². The molecular weight excluding hydrogens is 510 g/mol. The topological polar surface area (TPSA) is 78.2 Å². The van der Waals surface area contributed by atoms with E-state index in [4.69, 9.17) is 19.4 Å². The Kier molecular flexibility index (Phi) is 4.35. The van der Waals surface area contributed by atoms with Gasteiger partial charge in [0.2, 0.25) is 5.95 Å². The smallest absolute Gasteiger partial charge is 0.310 e. The van der Waals surface area contributed by atoms with E-state index >= 15 is 0 Å². The summed E-state index contributed by atoms with van der Waals surface area (Å²) >= 11 is 0. The fraction of sp³-hybridized carbons (Fsp3) is 0. The zero-order valence-electron chi connectivity index (χ0n) is 21.5. The van der Waals surface area contributed by atoms with Crippen LogP contribution in [0, 0.1) is 0 Å². The molecule has 0 aliphatic carbocycles. The summed E-state index contributed by atoms with van der Waals surface area (Å²) in [5.41, 5.74) is 6.34. The predicted molar refractivity (Wildman–Crippen MR) is 162 cm³/mol. The van der Waals surface area contributed by atoms with Gasteiger partial charge in [-0.25, -0.2) is 14.4 Å². The summed E-state index contributed by atoms with van der Waals surface area (Å²) in [5.74, 6) is 0.832. The molecular formula is C34H19N5O2. The number of benzene rings is 5. The van der Waals surface area contributed by atoms with Crippen LogP contribution in [0.5, 0.6) is 0 Å². The average Bonchev–Trinajstić information content (AvgIpc) is 3.57. The molecule has 0 radical (unpaired) electrons. The maximum absolute atomic E-state index is 13.5. The van der Waals surface area contributed by atoms with E-state index in [2.05, 4.69) is 34.9 Å².